The maximum absolute atomic E-state index is 13.7. The third-order valence-corrected chi connectivity index (χ3v) is 6.53. The molecule has 0 bridgehead atoms. The largest absolute Gasteiger partial charge is 0.456 e. The first-order valence-electron chi connectivity index (χ1n) is 11.2. The molecule has 1 aliphatic heterocycles. The molecule has 0 spiro atoms. The first kappa shape index (κ1) is 22.9. The Kier molecular flexibility index (Phi) is 6.13. The molecule has 3 heterocycles. The minimum atomic E-state index is -0.566. The number of amides is 1. The highest BCUT2D eigenvalue weighted by Gasteiger charge is 2.27. The van der Waals surface area contributed by atoms with Crippen LogP contribution >= 0.6 is 11.6 Å². The highest BCUT2D eigenvalue weighted by atomic mass is 35.5. The smallest absolute Gasteiger partial charge is 0.334 e. The van der Waals surface area contributed by atoms with Crippen LogP contribution in [0.25, 0.3) is 16.7 Å². The van der Waals surface area contributed by atoms with Crippen LogP contribution in [0.15, 0.2) is 78.4 Å². The van der Waals surface area contributed by atoms with E-state index in [1.54, 1.807) is 56.8 Å². The van der Waals surface area contributed by atoms with Gasteiger partial charge >= 0.3 is 5.69 Å². The monoisotopic (exact) mass is 492 g/mol. The molecule has 0 aliphatic carbocycles. The minimum absolute atomic E-state index is 0.0987. The number of nitrogens with zero attached hydrogens (tertiary/aromatic N) is 4. The summed E-state index contributed by atoms with van der Waals surface area (Å²) in [6.07, 6.45) is 6.18. The van der Waals surface area contributed by atoms with Crippen molar-refractivity contribution < 1.29 is 13.9 Å². The van der Waals surface area contributed by atoms with E-state index in [0.717, 1.165) is 18.4 Å². The van der Waals surface area contributed by atoms with Crippen LogP contribution in [0.5, 0.6) is 11.5 Å². The van der Waals surface area contributed by atoms with Crippen molar-refractivity contribution in [1.29, 1.82) is 0 Å². The minimum Gasteiger partial charge on any atom is -0.456 e. The molecule has 0 radical (unpaired) electrons. The summed E-state index contributed by atoms with van der Waals surface area (Å²) in [4.78, 5) is 31.8. The fourth-order valence-electron chi connectivity index (χ4n) is 4.52. The number of carbonyl (C=O) groups is 1. The van der Waals surface area contributed by atoms with Crippen molar-refractivity contribution in [2.24, 2.45) is 0 Å². The number of pyridine rings is 1. The topological polar surface area (TPSA) is 69.4 Å². The Hall–Kier alpha value is -3.91. The molecule has 1 unspecified atom stereocenters. The summed E-state index contributed by atoms with van der Waals surface area (Å²) in [5.74, 6) is -0.0545. The zero-order chi connectivity index (χ0) is 24.5. The summed E-state index contributed by atoms with van der Waals surface area (Å²) >= 11 is 5.99. The maximum Gasteiger partial charge on any atom is 0.334 e. The number of aromatic nitrogens is 3. The summed E-state index contributed by atoms with van der Waals surface area (Å²) in [6, 6.07) is 12.9. The third kappa shape index (κ3) is 4.21. The Bertz CT molecular complexity index is 1480. The van der Waals surface area contributed by atoms with Gasteiger partial charge in [-0.25, -0.2) is 9.18 Å². The van der Waals surface area contributed by atoms with E-state index in [1.807, 2.05) is 6.07 Å². The van der Waals surface area contributed by atoms with Gasteiger partial charge in [-0.15, -0.1) is 0 Å². The van der Waals surface area contributed by atoms with Gasteiger partial charge in [0, 0.05) is 19.3 Å². The molecule has 1 amide bonds. The van der Waals surface area contributed by atoms with Crippen molar-refractivity contribution in [3.63, 3.8) is 0 Å². The van der Waals surface area contributed by atoms with Crippen molar-refractivity contribution in [3.8, 4) is 17.2 Å². The zero-order valence-corrected chi connectivity index (χ0v) is 19.5. The average Bonchev–Trinajstić information content (AvgIpc) is 3.18. The number of benzene rings is 2. The molecule has 35 heavy (non-hydrogen) atoms. The predicted molar refractivity (Wildman–Crippen MR) is 132 cm³/mol. The van der Waals surface area contributed by atoms with E-state index in [0.29, 0.717) is 30.0 Å². The van der Waals surface area contributed by atoms with Gasteiger partial charge in [-0.3, -0.25) is 18.9 Å². The molecule has 4 aromatic rings. The Balaban J connectivity index is 1.51. The lowest BCUT2D eigenvalue weighted by molar-refractivity contribution is -0.127. The highest BCUT2D eigenvalue weighted by molar-refractivity contribution is 6.32. The molecule has 1 aliphatic rings. The Morgan fingerprint density at radius 3 is 2.74 bits per heavy atom. The molecule has 7 nitrogen and oxygen atoms in total. The van der Waals surface area contributed by atoms with E-state index in [4.69, 9.17) is 16.3 Å². The van der Waals surface area contributed by atoms with Crippen LogP contribution in [0.4, 0.5) is 4.39 Å². The summed E-state index contributed by atoms with van der Waals surface area (Å²) in [5, 5.41) is -0.0987. The molecule has 5 rings (SSSR count). The fraction of sp³-hybridized carbons (Fsp3) is 0.192. The van der Waals surface area contributed by atoms with Gasteiger partial charge in [0.25, 0.3) is 0 Å². The Morgan fingerprint density at radius 1 is 1.17 bits per heavy atom. The number of halogens is 2. The number of ether oxygens (including phenoxy) is 1. The second-order valence-electron chi connectivity index (χ2n) is 8.28. The summed E-state index contributed by atoms with van der Waals surface area (Å²) in [5.41, 5.74) is 1.81. The second-order valence-corrected chi connectivity index (χ2v) is 8.66. The maximum atomic E-state index is 13.7. The molecule has 2 aromatic heterocycles. The van der Waals surface area contributed by atoms with Gasteiger partial charge in [0.2, 0.25) is 5.91 Å². The number of imidazole rings is 1. The first-order chi connectivity index (χ1) is 17.0. The van der Waals surface area contributed by atoms with Gasteiger partial charge in [-0.1, -0.05) is 24.2 Å². The first-order valence-corrected chi connectivity index (χ1v) is 11.6. The van der Waals surface area contributed by atoms with Crippen LogP contribution < -0.4 is 10.4 Å². The van der Waals surface area contributed by atoms with Crippen LogP contribution in [-0.2, 0) is 4.79 Å². The molecular weight excluding hydrogens is 471 g/mol. The number of hydrogen-bond donors (Lipinski definition) is 0. The fourth-order valence-corrected chi connectivity index (χ4v) is 4.68. The zero-order valence-electron chi connectivity index (χ0n) is 18.7. The number of rotatable bonds is 5. The van der Waals surface area contributed by atoms with E-state index in [9.17, 15) is 14.0 Å². The number of fused-ring (bicyclic) bond motifs is 1. The molecule has 1 saturated heterocycles. The molecule has 1 atom stereocenters. The van der Waals surface area contributed by atoms with Crippen LogP contribution in [0.2, 0.25) is 5.02 Å². The van der Waals surface area contributed by atoms with Crippen molar-refractivity contribution in [2.75, 3.05) is 13.1 Å². The van der Waals surface area contributed by atoms with Crippen molar-refractivity contribution >= 4 is 28.5 Å². The normalized spacial score (nSPS) is 15.8. The van der Waals surface area contributed by atoms with Gasteiger partial charge in [-0.05, 0) is 61.4 Å². The standard InChI is InChI=1S/C26H22ClFN4O3/c1-2-24(33)30-14-4-5-18(16-30)32-21-12-13-29-15-22(21)31(26(32)34)17-8-10-19(11-9-17)35-23-7-3-6-20(28)25(23)27/h2-3,6-13,15,18H,1,4-5,14,16H2. The SMILES string of the molecule is C=CC(=O)N1CCCC(n2c(=O)n(-c3ccc(Oc4cccc(F)c4Cl)cc3)c3cnccc32)C1. The number of piperidine rings is 1. The van der Waals surface area contributed by atoms with Crippen LogP contribution in [0.1, 0.15) is 18.9 Å². The third-order valence-electron chi connectivity index (χ3n) is 6.16. The lowest BCUT2D eigenvalue weighted by Gasteiger charge is -2.32. The molecular formula is C26H22ClFN4O3. The van der Waals surface area contributed by atoms with Gasteiger partial charge < -0.3 is 9.64 Å². The van der Waals surface area contributed by atoms with E-state index in [-0.39, 0.29) is 28.4 Å². The number of hydrogen-bond acceptors (Lipinski definition) is 4. The molecule has 2 aromatic carbocycles. The van der Waals surface area contributed by atoms with Gasteiger partial charge in [0.05, 0.1) is 29.0 Å². The van der Waals surface area contributed by atoms with Gasteiger partial charge in [0.1, 0.15) is 22.3 Å². The van der Waals surface area contributed by atoms with E-state index in [2.05, 4.69) is 11.6 Å². The predicted octanol–water partition coefficient (Wildman–Crippen LogP) is 5.12. The van der Waals surface area contributed by atoms with Crippen LogP contribution in [0, 0.1) is 5.82 Å². The number of likely N-dealkylation sites (tertiary alicyclic amines) is 1. The van der Waals surface area contributed by atoms with E-state index >= 15 is 0 Å². The Morgan fingerprint density at radius 2 is 1.97 bits per heavy atom. The Labute approximate surface area is 205 Å². The quantitative estimate of drug-likeness (QED) is 0.362. The van der Waals surface area contributed by atoms with Crippen molar-refractivity contribution in [2.45, 2.75) is 18.9 Å². The summed E-state index contributed by atoms with van der Waals surface area (Å²) in [7, 11) is 0. The highest BCUT2D eigenvalue weighted by Crippen LogP contribution is 2.32. The number of carbonyl (C=O) groups excluding carboxylic acids is 1. The lowest BCUT2D eigenvalue weighted by Crippen LogP contribution is -2.42. The molecule has 178 valence electrons. The van der Waals surface area contributed by atoms with Crippen LogP contribution in [0.3, 0.4) is 0 Å². The summed E-state index contributed by atoms with van der Waals surface area (Å²) in [6.45, 7) is 4.66. The van der Waals surface area contributed by atoms with Crippen LogP contribution in [-0.4, -0.2) is 38.0 Å². The van der Waals surface area contributed by atoms with Gasteiger partial charge in [0.15, 0.2) is 0 Å². The molecule has 0 saturated carbocycles. The van der Waals surface area contributed by atoms with E-state index < -0.39 is 5.82 Å². The second kappa shape index (κ2) is 9.38. The lowest BCUT2D eigenvalue weighted by atomic mass is 10.1. The van der Waals surface area contributed by atoms with Crippen molar-refractivity contribution in [1.82, 2.24) is 19.0 Å². The summed E-state index contributed by atoms with van der Waals surface area (Å²) < 4.78 is 22.8. The molecule has 9 heteroatoms. The van der Waals surface area contributed by atoms with E-state index in [1.165, 1.54) is 18.2 Å². The van der Waals surface area contributed by atoms with Gasteiger partial charge in [-0.2, -0.15) is 0 Å². The molecule has 0 N–H and O–H groups in total. The molecule has 1 fully saturated rings. The average molecular weight is 493 g/mol. The van der Waals surface area contributed by atoms with Crippen molar-refractivity contribution in [3.05, 3.63) is 94.9 Å².